The Bertz CT molecular complexity index is 726. The lowest BCUT2D eigenvalue weighted by Crippen LogP contribution is -2.38. The van der Waals surface area contributed by atoms with E-state index in [2.05, 4.69) is 5.32 Å². The van der Waals surface area contributed by atoms with Crippen molar-refractivity contribution < 1.29 is 19.4 Å². The summed E-state index contributed by atoms with van der Waals surface area (Å²) in [7, 11) is 3.35. The predicted octanol–water partition coefficient (Wildman–Crippen LogP) is 3.30. The number of hydrogen-bond donors (Lipinski definition) is 2. The molecule has 6 heteroatoms. The van der Waals surface area contributed by atoms with Gasteiger partial charge in [-0.1, -0.05) is 24.3 Å². The lowest BCUT2D eigenvalue weighted by molar-refractivity contribution is 0.0697. The van der Waals surface area contributed by atoms with Gasteiger partial charge in [0, 0.05) is 13.6 Å². The molecule has 0 radical (unpaired) electrons. The van der Waals surface area contributed by atoms with Crippen LogP contribution in [-0.4, -0.2) is 36.2 Å². The third-order valence-electron chi connectivity index (χ3n) is 4.14. The number of hydrogen-bond acceptors (Lipinski definition) is 3. The molecule has 0 bridgehead atoms. The summed E-state index contributed by atoms with van der Waals surface area (Å²) >= 11 is 0. The number of ether oxygens (including phenoxy) is 1. The molecule has 2 aromatic carbocycles. The van der Waals surface area contributed by atoms with Crippen molar-refractivity contribution in [3.05, 3.63) is 65.2 Å². The third-order valence-corrected chi connectivity index (χ3v) is 4.14. The molecule has 0 aliphatic carbocycles. The van der Waals surface area contributed by atoms with Gasteiger partial charge in [0.25, 0.3) is 0 Å². The molecule has 2 amide bonds. The number of rotatable bonds is 6. The van der Waals surface area contributed by atoms with Crippen LogP contribution in [0.2, 0.25) is 0 Å². The summed E-state index contributed by atoms with van der Waals surface area (Å²) in [6.45, 7) is 2.28. The Balaban J connectivity index is 1.93. The number of urea groups is 1. The van der Waals surface area contributed by atoms with Gasteiger partial charge in [-0.15, -0.1) is 0 Å². The Kier molecular flexibility index (Phi) is 6.00. The number of aromatic carboxylic acids is 1. The fraction of sp³-hybridized carbons (Fsp3) is 0.263. The first-order chi connectivity index (χ1) is 11.9. The number of methoxy groups -OCH3 is 1. The summed E-state index contributed by atoms with van der Waals surface area (Å²) in [5.41, 5.74) is 2.06. The van der Waals surface area contributed by atoms with E-state index in [1.807, 2.05) is 31.2 Å². The maximum absolute atomic E-state index is 12.3. The number of nitrogens with zero attached hydrogens (tertiary/aromatic N) is 1. The molecule has 0 aliphatic rings. The maximum Gasteiger partial charge on any atom is 0.335 e. The summed E-state index contributed by atoms with van der Waals surface area (Å²) in [6.07, 6.45) is 0. The number of carbonyl (C=O) groups is 2. The molecule has 25 heavy (non-hydrogen) atoms. The molecule has 2 N–H and O–H groups in total. The van der Waals surface area contributed by atoms with Crippen molar-refractivity contribution in [3.8, 4) is 5.75 Å². The molecule has 0 heterocycles. The highest BCUT2D eigenvalue weighted by Crippen LogP contribution is 2.21. The largest absolute Gasteiger partial charge is 0.497 e. The Hall–Kier alpha value is -3.02. The van der Waals surface area contributed by atoms with Crippen LogP contribution in [-0.2, 0) is 6.54 Å². The van der Waals surface area contributed by atoms with Crippen LogP contribution in [0.5, 0.6) is 5.75 Å². The minimum Gasteiger partial charge on any atom is -0.497 e. The maximum atomic E-state index is 12.3. The lowest BCUT2D eigenvalue weighted by atomic mass is 10.1. The summed E-state index contributed by atoms with van der Waals surface area (Å²) in [5, 5.41) is 11.7. The van der Waals surface area contributed by atoms with Gasteiger partial charge < -0.3 is 20.1 Å². The minimum absolute atomic E-state index is 0.0970. The van der Waals surface area contributed by atoms with E-state index in [0.717, 1.165) is 16.9 Å². The first-order valence-electron chi connectivity index (χ1n) is 7.89. The monoisotopic (exact) mass is 342 g/mol. The van der Waals surface area contributed by atoms with Crippen molar-refractivity contribution in [2.24, 2.45) is 0 Å². The van der Waals surface area contributed by atoms with Gasteiger partial charge in [0.1, 0.15) is 5.75 Å². The highest BCUT2D eigenvalue weighted by Gasteiger charge is 2.17. The highest BCUT2D eigenvalue weighted by molar-refractivity contribution is 5.87. The quantitative estimate of drug-likeness (QED) is 0.844. The summed E-state index contributed by atoms with van der Waals surface area (Å²) in [5.74, 6) is -0.198. The van der Waals surface area contributed by atoms with Gasteiger partial charge in [0.15, 0.2) is 0 Å². The van der Waals surface area contributed by atoms with Crippen LogP contribution in [0, 0.1) is 0 Å². The third kappa shape index (κ3) is 4.73. The zero-order chi connectivity index (χ0) is 18.4. The van der Waals surface area contributed by atoms with Crippen molar-refractivity contribution in [1.29, 1.82) is 0 Å². The van der Waals surface area contributed by atoms with Gasteiger partial charge in [-0.2, -0.15) is 0 Å². The second kappa shape index (κ2) is 8.19. The molecular weight excluding hydrogens is 320 g/mol. The number of amides is 2. The van der Waals surface area contributed by atoms with Crippen LogP contribution in [0.25, 0.3) is 0 Å². The number of carboxylic acids is 1. The van der Waals surface area contributed by atoms with Crippen LogP contribution in [0.4, 0.5) is 4.79 Å². The second-order valence-corrected chi connectivity index (χ2v) is 5.72. The first kappa shape index (κ1) is 18.3. The van der Waals surface area contributed by atoms with Gasteiger partial charge in [-0.3, -0.25) is 0 Å². The van der Waals surface area contributed by atoms with E-state index in [9.17, 15) is 9.59 Å². The predicted molar refractivity (Wildman–Crippen MR) is 94.8 cm³/mol. The van der Waals surface area contributed by atoms with Gasteiger partial charge in [0.05, 0.1) is 18.7 Å². The smallest absolute Gasteiger partial charge is 0.335 e. The van der Waals surface area contributed by atoms with Crippen molar-refractivity contribution in [1.82, 2.24) is 10.2 Å². The molecule has 0 fully saturated rings. The topological polar surface area (TPSA) is 78.9 Å². The summed E-state index contributed by atoms with van der Waals surface area (Å²) in [4.78, 5) is 24.8. The van der Waals surface area contributed by atoms with Gasteiger partial charge in [-0.25, -0.2) is 9.59 Å². The van der Waals surface area contributed by atoms with E-state index >= 15 is 0 Å². The van der Waals surface area contributed by atoms with Gasteiger partial charge in [0.2, 0.25) is 0 Å². The Labute approximate surface area is 147 Å². The second-order valence-electron chi connectivity index (χ2n) is 5.72. The average Bonchev–Trinajstić information content (AvgIpc) is 2.65. The summed E-state index contributed by atoms with van der Waals surface area (Å²) in [6, 6.07) is 13.7. The van der Waals surface area contributed by atoms with Crippen LogP contribution < -0.4 is 10.1 Å². The van der Waals surface area contributed by atoms with Crippen molar-refractivity contribution in [2.45, 2.75) is 19.5 Å². The van der Waals surface area contributed by atoms with E-state index in [4.69, 9.17) is 9.84 Å². The molecule has 0 aromatic heterocycles. The van der Waals surface area contributed by atoms with E-state index in [1.165, 1.54) is 12.1 Å². The standard InChI is InChI=1S/C19H22N2O4/c1-13(15-8-10-17(25-3)11-9-15)21(2)19(24)20-12-14-4-6-16(7-5-14)18(22)23/h4-11,13H,12H2,1-3H3,(H,20,24)(H,22,23). The molecule has 2 rings (SSSR count). The molecule has 0 spiro atoms. The van der Waals surface area contributed by atoms with Crippen LogP contribution >= 0.6 is 0 Å². The number of nitrogens with one attached hydrogen (secondary N) is 1. The van der Waals surface area contributed by atoms with Crippen LogP contribution in [0.3, 0.4) is 0 Å². The highest BCUT2D eigenvalue weighted by atomic mass is 16.5. The normalized spacial score (nSPS) is 11.5. The lowest BCUT2D eigenvalue weighted by Gasteiger charge is -2.25. The zero-order valence-corrected chi connectivity index (χ0v) is 14.5. The molecule has 1 atom stereocenters. The molecule has 1 unspecified atom stereocenters. The van der Waals surface area contributed by atoms with Gasteiger partial charge in [-0.05, 0) is 42.3 Å². The molecule has 6 nitrogen and oxygen atoms in total. The van der Waals surface area contributed by atoms with E-state index in [-0.39, 0.29) is 17.6 Å². The van der Waals surface area contributed by atoms with E-state index in [0.29, 0.717) is 6.54 Å². The molecule has 132 valence electrons. The fourth-order valence-corrected chi connectivity index (χ4v) is 2.35. The molecule has 0 saturated carbocycles. The number of carbonyl (C=O) groups excluding carboxylic acids is 1. The molecule has 0 aliphatic heterocycles. The molecule has 2 aromatic rings. The minimum atomic E-state index is -0.969. The molecule has 0 saturated heterocycles. The zero-order valence-electron chi connectivity index (χ0n) is 14.5. The Morgan fingerprint density at radius 2 is 1.72 bits per heavy atom. The Morgan fingerprint density at radius 1 is 1.12 bits per heavy atom. The Morgan fingerprint density at radius 3 is 2.24 bits per heavy atom. The van der Waals surface area contributed by atoms with Crippen molar-refractivity contribution >= 4 is 12.0 Å². The first-order valence-corrected chi connectivity index (χ1v) is 7.89. The van der Waals surface area contributed by atoms with E-state index < -0.39 is 5.97 Å². The van der Waals surface area contributed by atoms with Crippen molar-refractivity contribution in [3.63, 3.8) is 0 Å². The SMILES string of the molecule is COc1ccc(C(C)N(C)C(=O)NCc2ccc(C(=O)O)cc2)cc1. The van der Waals surface area contributed by atoms with Crippen LogP contribution in [0.15, 0.2) is 48.5 Å². The van der Waals surface area contributed by atoms with Gasteiger partial charge >= 0.3 is 12.0 Å². The fourth-order valence-electron chi connectivity index (χ4n) is 2.35. The number of carboxylic acid groups (broad SMARTS) is 1. The van der Waals surface area contributed by atoms with Crippen molar-refractivity contribution in [2.75, 3.05) is 14.2 Å². The number of benzene rings is 2. The van der Waals surface area contributed by atoms with E-state index in [1.54, 1.807) is 31.2 Å². The van der Waals surface area contributed by atoms with Crippen LogP contribution in [0.1, 0.15) is 34.5 Å². The average molecular weight is 342 g/mol. The molecular formula is C19H22N2O4. The summed E-state index contributed by atoms with van der Waals surface area (Å²) < 4.78 is 5.14.